The Balaban J connectivity index is 1.96. The summed E-state index contributed by atoms with van der Waals surface area (Å²) in [6.45, 7) is 2.04. The van der Waals surface area contributed by atoms with E-state index in [1.54, 1.807) is 6.07 Å². The molecule has 2 aromatic rings. The molecule has 0 unspecified atom stereocenters. The second-order valence-corrected chi connectivity index (χ2v) is 5.73. The first-order valence-electron chi connectivity index (χ1n) is 6.56. The summed E-state index contributed by atoms with van der Waals surface area (Å²) in [5, 5.41) is 0. The van der Waals surface area contributed by atoms with Crippen LogP contribution in [-0.4, -0.2) is 5.78 Å². The lowest BCUT2D eigenvalue weighted by Gasteiger charge is -2.06. The number of hydrogen-bond acceptors (Lipinski definition) is 1. The summed E-state index contributed by atoms with van der Waals surface area (Å²) < 4.78 is 13.9. The Morgan fingerprint density at radius 2 is 1.90 bits per heavy atom. The molecular formula is C17H16BrFO. The van der Waals surface area contributed by atoms with Crippen LogP contribution in [0, 0.1) is 12.7 Å². The lowest BCUT2D eigenvalue weighted by atomic mass is 10.00. The number of rotatable bonds is 5. The third-order valence-corrected chi connectivity index (χ3v) is 4.10. The summed E-state index contributed by atoms with van der Waals surface area (Å²) in [5.41, 5.74) is 3.10. The van der Waals surface area contributed by atoms with Gasteiger partial charge in [-0.3, -0.25) is 4.79 Å². The highest BCUT2D eigenvalue weighted by molar-refractivity contribution is 9.10. The third kappa shape index (κ3) is 4.01. The highest BCUT2D eigenvalue weighted by Gasteiger charge is 2.09. The molecule has 0 saturated heterocycles. The molecule has 0 heterocycles. The van der Waals surface area contributed by atoms with Gasteiger partial charge in [-0.2, -0.15) is 0 Å². The third-order valence-electron chi connectivity index (χ3n) is 3.33. The van der Waals surface area contributed by atoms with Crippen LogP contribution >= 0.6 is 15.9 Å². The van der Waals surface area contributed by atoms with E-state index in [2.05, 4.69) is 15.9 Å². The molecule has 0 bridgehead atoms. The first-order valence-corrected chi connectivity index (χ1v) is 7.35. The van der Waals surface area contributed by atoms with Gasteiger partial charge in [0, 0.05) is 17.3 Å². The van der Waals surface area contributed by atoms with Crippen LogP contribution < -0.4 is 0 Å². The number of carbonyl (C=O) groups is 1. The molecule has 0 fully saturated rings. The fourth-order valence-corrected chi connectivity index (χ4v) is 2.53. The standard InChI is InChI=1S/C17H16BrFO/c1-12-4-2-3-5-13(12)6-8-16(20)11-14-10-15(19)7-9-17(14)18/h2-5,7,9-10H,6,8,11H2,1H3. The summed E-state index contributed by atoms with van der Waals surface area (Å²) in [5.74, 6) is -0.186. The molecule has 0 aromatic heterocycles. The molecule has 20 heavy (non-hydrogen) atoms. The number of carbonyl (C=O) groups excluding carboxylic acids is 1. The van der Waals surface area contributed by atoms with E-state index in [0.717, 1.165) is 10.9 Å². The van der Waals surface area contributed by atoms with Gasteiger partial charge in [0.15, 0.2) is 0 Å². The van der Waals surface area contributed by atoms with Crippen molar-refractivity contribution in [3.05, 3.63) is 69.4 Å². The monoisotopic (exact) mass is 334 g/mol. The van der Waals surface area contributed by atoms with Crippen molar-refractivity contribution < 1.29 is 9.18 Å². The first kappa shape index (κ1) is 14.9. The van der Waals surface area contributed by atoms with Gasteiger partial charge in [-0.05, 0) is 48.2 Å². The highest BCUT2D eigenvalue weighted by atomic mass is 79.9. The maximum atomic E-state index is 13.2. The van der Waals surface area contributed by atoms with E-state index in [-0.39, 0.29) is 18.0 Å². The molecule has 0 N–H and O–H groups in total. The minimum Gasteiger partial charge on any atom is -0.299 e. The van der Waals surface area contributed by atoms with E-state index in [1.807, 2.05) is 31.2 Å². The minimum absolute atomic E-state index is 0.125. The molecule has 0 saturated carbocycles. The van der Waals surface area contributed by atoms with Crippen molar-refractivity contribution in [1.29, 1.82) is 0 Å². The quantitative estimate of drug-likeness (QED) is 0.778. The fourth-order valence-electron chi connectivity index (χ4n) is 2.14. The van der Waals surface area contributed by atoms with E-state index in [1.165, 1.54) is 23.3 Å². The van der Waals surface area contributed by atoms with Crippen molar-refractivity contribution in [2.75, 3.05) is 0 Å². The molecule has 0 aliphatic heterocycles. The van der Waals surface area contributed by atoms with Gasteiger partial charge in [0.1, 0.15) is 11.6 Å². The van der Waals surface area contributed by atoms with Crippen molar-refractivity contribution in [2.45, 2.75) is 26.2 Å². The van der Waals surface area contributed by atoms with Gasteiger partial charge in [-0.25, -0.2) is 4.39 Å². The number of ketones is 1. The van der Waals surface area contributed by atoms with Crippen molar-refractivity contribution in [3.8, 4) is 0 Å². The second-order valence-electron chi connectivity index (χ2n) is 4.88. The van der Waals surface area contributed by atoms with Crippen LogP contribution in [0.4, 0.5) is 4.39 Å². The van der Waals surface area contributed by atoms with E-state index in [0.29, 0.717) is 12.0 Å². The zero-order chi connectivity index (χ0) is 14.5. The van der Waals surface area contributed by atoms with Crippen LogP contribution in [0.5, 0.6) is 0 Å². The maximum Gasteiger partial charge on any atom is 0.137 e. The van der Waals surface area contributed by atoms with Gasteiger partial charge in [0.05, 0.1) is 0 Å². The van der Waals surface area contributed by atoms with Crippen LogP contribution in [0.1, 0.15) is 23.1 Å². The zero-order valence-corrected chi connectivity index (χ0v) is 12.9. The summed E-state index contributed by atoms with van der Waals surface area (Å²) in [6.07, 6.45) is 1.48. The Kier molecular flexibility index (Phi) is 5.07. The van der Waals surface area contributed by atoms with Crippen LogP contribution in [0.2, 0.25) is 0 Å². The van der Waals surface area contributed by atoms with Gasteiger partial charge in [-0.1, -0.05) is 40.2 Å². The topological polar surface area (TPSA) is 17.1 Å². The molecule has 0 aliphatic rings. The van der Waals surface area contributed by atoms with Crippen LogP contribution in [0.15, 0.2) is 46.9 Å². The van der Waals surface area contributed by atoms with E-state index < -0.39 is 0 Å². The summed E-state index contributed by atoms with van der Waals surface area (Å²) in [6, 6.07) is 12.5. The van der Waals surface area contributed by atoms with Gasteiger partial charge in [-0.15, -0.1) is 0 Å². The summed E-state index contributed by atoms with van der Waals surface area (Å²) >= 11 is 3.35. The smallest absolute Gasteiger partial charge is 0.137 e. The Morgan fingerprint density at radius 1 is 1.15 bits per heavy atom. The van der Waals surface area contributed by atoms with E-state index >= 15 is 0 Å². The van der Waals surface area contributed by atoms with Gasteiger partial charge >= 0.3 is 0 Å². The molecule has 2 aromatic carbocycles. The van der Waals surface area contributed by atoms with Crippen LogP contribution in [0.3, 0.4) is 0 Å². The average Bonchev–Trinajstić information content (AvgIpc) is 2.42. The number of aryl methyl sites for hydroxylation is 2. The number of Topliss-reactive ketones (excluding diaryl/α,β-unsaturated/α-hetero) is 1. The first-order chi connectivity index (χ1) is 9.56. The predicted molar refractivity (Wildman–Crippen MR) is 82.3 cm³/mol. The minimum atomic E-state index is -0.310. The largest absolute Gasteiger partial charge is 0.299 e. The molecule has 0 aliphatic carbocycles. The molecular weight excluding hydrogens is 319 g/mol. The van der Waals surface area contributed by atoms with E-state index in [9.17, 15) is 9.18 Å². The van der Waals surface area contributed by atoms with Gasteiger partial charge < -0.3 is 0 Å². The SMILES string of the molecule is Cc1ccccc1CCC(=O)Cc1cc(F)ccc1Br. The number of halogens is 2. The molecule has 3 heteroatoms. The fraction of sp³-hybridized carbons (Fsp3) is 0.235. The lowest BCUT2D eigenvalue weighted by molar-refractivity contribution is -0.118. The number of hydrogen-bond donors (Lipinski definition) is 0. The van der Waals surface area contributed by atoms with E-state index in [4.69, 9.17) is 0 Å². The molecule has 2 rings (SSSR count). The predicted octanol–water partition coefficient (Wildman–Crippen LogP) is 4.64. The molecule has 0 spiro atoms. The Hall–Kier alpha value is -1.48. The summed E-state index contributed by atoms with van der Waals surface area (Å²) in [7, 11) is 0. The Labute approximate surface area is 127 Å². The number of benzene rings is 2. The molecule has 104 valence electrons. The Bertz CT molecular complexity index is 622. The van der Waals surface area contributed by atoms with Crippen molar-refractivity contribution in [1.82, 2.24) is 0 Å². The van der Waals surface area contributed by atoms with Crippen molar-refractivity contribution >= 4 is 21.7 Å². The Morgan fingerprint density at radius 3 is 2.65 bits per heavy atom. The molecule has 0 amide bonds. The van der Waals surface area contributed by atoms with Crippen molar-refractivity contribution in [2.24, 2.45) is 0 Å². The van der Waals surface area contributed by atoms with Gasteiger partial charge in [0.2, 0.25) is 0 Å². The lowest BCUT2D eigenvalue weighted by Crippen LogP contribution is -2.06. The van der Waals surface area contributed by atoms with Crippen LogP contribution in [-0.2, 0) is 17.6 Å². The highest BCUT2D eigenvalue weighted by Crippen LogP contribution is 2.19. The molecule has 0 atom stereocenters. The molecule has 0 radical (unpaired) electrons. The normalized spacial score (nSPS) is 10.6. The second kappa shape index (κ2) is 6.80. The van der Waals surface area contributed by atoms with Crippen LogP contribution in [0.25, 0.3) is 0 Å². The summed E-state index contributed by atoms with van der Waals surface area (Å²) in [4.78, 5) is 12.0. The van der Waals surface area contributed by atoms with Crippen molar-refractivity contribution in [3.63, 3.8) is 0 Å². The zero-order valence-electron chi connectivity index (χ0n) is 11.3. The maximum absolute atomic E-state index is 13.2. The van der Waals surface area contributed by atoms with Gasteiger partial charge in [0.25, 0.3) is 0 Å². The molecule has 1 nitrogen and oxygen atoms in total. The average molecular weight is 335 g/mol.